The summed E-state index contributed by atoms with van der Waals surface area (Å²) in [5.74, 6) is 0. The van der Waals surface area contributed by atoms with Crippen LogP contribution in [0.3, 0.4) is 0 Å². The van der Waals surface area contributed by atoms with Crippen LogP contribution in [0.5, 0.6) is 0 Å². The fourth-order valence-corrected chi connectivity index (χ4v) is 4.32. The van der Waals surface area contributed by atoms with Crippen molar-refractivity contribution in [1.82, 2.24) is 0 Å². The molecule has 0 radical (unpaired) electrons. The van der Waals surface area contributed by atoms with Gasteiger partial charge in [0.2, 0.25) is 0 Å². The fraction of sp³-hybridized carbons (Fsp3) is 0. The van der Waals surface area contributed by atoms with E-state index in [1.54, 1.807) is 0 Å². The van der Waals surface area contributed by atoms with E-state index in [0.717, 1.165) is 33.3 Å². The predicted molar refractivity (Wildman–Crippen MR) is 122 cm³/mol. The van der Waals surface area contributed by atoms with Gasteiger partial charge >= 0.3 is 0 Å². The van der Waals surface area contributed by atoms with Crippen LogP contribution in [0, 0.1) is 0 Å². The van der Waals surface area contributed by atoms with E-state index in [-0.39, 0.29) is 0 Å². The van der Waals surface area contributed by atoms with Crippen molar-refractivity contribution in [2.75, 3.05) is 3.11 Å². The molecule has 0 atom stereocenters. The second-order valence-electron chi connectivity index (χ2n) is 6.42. The maximum absolute atomic E-state index is 6.23. The molecule has 1 heterocycles. The summed E-state index contributed by atoms with van der Waals surface area (Å²) < 4.78 is 8.41. The van der Waals surface area contributed by atoms with Crippen molar-refractivity contribution >= 4 is 56.2 Å². The highest BCUT2D eigenvalue weighted by Crippen LogP contribution is 2.42. The summed E-state index contributed by atoms with van der Waals surface area (Å²) in [5, 5.41) is 2.29. The molecule has 0 fully saturated rings. The first-order chi connectivity index (χ1) is 13.3. The molecule has 0 saturated carbocycles. The fourth-order valence-electron chi connectivity index (χ4n) is 3.52. The van der Waals surface area contributed by atoms with Crippen LogP contribution in [0.1, 0.15) is 0 Å². The maximum atomic E-state index is 6.23. The minimum absolute atomic E-state index is 0.913. The normalized spacial score (nSPS) is 11.1. The molecule has 0 saturated heterocycles. The zero-order valence-electron chi connectivity index (χ0n) is 14.5. The Morgan fingerprint density at radius 1 is 0.593 bits per heavy atom. The van der Waals surface area contributed by atoms with Crippen molar-refractivity contribution in [3.05, 3.63) is 97.1 Å². The summed E-state index contributed by atoms with van der Waals surface area (Å²) in [7, 11) is 0. The number of fused-ring (bicyclic) bond motifs is 3. The van der Waals surface area contributed by atoms with Gasteiger partial charge in [0.15, 0.2) is 5.58 Å². The van der Waals surface area contributed by atoms with E-state index >= 15 is 0 Å². The van der Waals surface area contributed by atoms with E-state index in [1.165, 1.54) is 11.1 Å². The first-order valence-corrected chi connectivity index (χ1v) is 9.80. The quantitative estimate of drug-likeness (QED) is 0.202. The standard InChI is InChI=1S/C24H16INO/c25-26(21-14-6-4-11-18(21)17-9-2-1-3-10-17)22-15-8-13-20-19-12-5-7-16-23(19)27-24(20)22/h1-16H. The largest absolute Gasteiger partial charge is 0.454 e. The second kappa shape index (κ2) is 6.74. The lowest BCUT2D eigenvalue weighted by Crippen LogP contribution is -2.02. The van der Waals surface area contributed by atoms with Gasteiger partial charge in [0, 0.05) is 16.3 Å². The highest BCUT2D eigenvalue weighted by Gasteiger charge is 2.17. The average molecular weight is 461 g/mol. The zero-order valence-corrected chi connectivity index (χ0v) is 16.6. The number of hydrogen-bond acceptors (Lipinski definition) is 2. The van der Waals surface area contributed by atoms with Crippen molar-refractivity contribution in [3.63, 3.8) is 0 Å². The lowest BCUT2D eigenvalue weighted by Gasteiger charge is -2.20. The summed E-state index contributed by atoms with van der Waals surface area (Å²) in [5.41, 5.74) is 6.41. The number of hydrogen-bond donors (Lipinski definition) is 0. The molecule has 4 aromatic carbocycles. The predicted octanol–water partition coefficient (Wildman–Crippen LogP) is 7.74. The Balaban J connectivity index is 1.71. The monoisotopic (exact) mass is 461 g/mol. The van der Waals surface area contributed by atoms with Gasteiger partial charge in [0.25, 0.3) is 0 Å². The van der Waals surface area contributed by atoms with Crippen LogP contribution < -0.4 is 3.11 Å². The Bertz CT molecular complexity index is 1240. The second-order valence-corrected chi connectivity index (χ2v) is 7.38. The molecular formula is C24H16INO. The number of rotatable bonds is 3. The van der Waals surface area contributed by atoms with Crippen molar-refractivity contribution in [2.24, 2.45) is 0 Å². The zero-order chi connectivity index (χ0) is 18.2. The molecule has 0 unspecified atom stereocenters. The van der Waals surface area contributed by atoms with Crippen LogP contribution in [-0.2, 0) is 0 Å². The first-order valence-electron chi connectivity index (χ1n) is 8.83. The van der Waals surface area contributed by atoms with E-state index in [9.17, 15) is 0 Å². The Labute approximate surface area is 171 Å². The molecule has 130 valence electrons. The van der Waals surface area contributed by atoms with E-state index in [1.807, 2.05) is 18.2 Å². The van der Waals surface area contributed by atoms with E-state index in [4.69, 9.17) is 4.42 Å². The molecule has 1 aromatic heterocycles. The third-order valence-corrected chi connectivity index (χ3v) is 5.83. The smallest absolute Gasteiger partial charge is 0.159 e. The van der Waals surface area contributed by atoms with Crippen LogP contribution in [-0.4, -0.2) is 0 Å². The average Bonchev–Trinajstić information content (AvgIpc) is 3.13. The molecule has 0 aliphatic rings. The number of furan rings is 1. The maximum Gasteiger partial charge on any atom is 0.159 e. The van der Waals surface area contributed by atoms with Crippen molar-refractivity contribution in [3.8, 4) is 11.1 Å². The number of benzene rings is 4. The summed E-state index contributed by atoms with van der Waals surface area (Å²) in [6.07, 6.45) is 0. The summed E-state index contributed by atoms with van der Waals surface area (Å²) in [6.45, 7) is 0. The highest BCUT2D eigenvalue weighted by molar-refractivity contribution is 14.1. The molecule has 2 nitrogen and oxygen atoms in total. The van der Waals surface area contributed by atoms with Crippen LogP contribution in [0.4, 0.5) is 11.4 Å². The van der Waals surface area contributed by atoms with Crippen molar-refractivity contribution in [2.45, 2.75) is 0 Å². The number of anilines is 2. The van der Waals surface area contributed by atoms with Gasteiger partial charge in [-0.1, -0.05) is 78.9 Å². The van der Waals surface area contributed by atoms with Gasteiger partial charge in [-0.2, -0.15) is 0 Å². The van der Waals surface area contributed by atoms with Crippen LogP contribution >= 0.6 is 22.9 Å². The van der Waals surface area contributed by atoms with Gasteiger partial charge in [0.05, 0.1) is 34.2 Å². The summed E-state index contributed by atoms with van der Waals surface area (Å²) >= 11 is 2.37. The molecule has 0 N–H and O–H groups in total. The molecular weight excluding hydrogens is 445 g/mol. The van der Waals surface area contributed by atoms with Gasteiger partial charge in [-0.05, 0) is 23.8 Å². The van der Waals surface area contributed by atoms with Gasteiger partial charge in [-0.15, -0.1) is 0 Å². The summed E-state index contributed by atoms with van der Waals surface area (Å²) in [4.78, 5) is 0. The Hall–Kier alpha value is -2.79. The lowest BCUT2D eigenvalue weighted by molar-refractivity contribution is 0.670. The van der Waals surface area contributed by atoms with Crippen LogP contribution in [0.15, 0.2) is 101 Å². The minimum atomic E-state index is 0.913. The molecule has 5 aromatic rings. The van der Waals surface area contributed by atoms with Gasteiger partial charge < -0.3 is 4.42 Å². The minimum Gasteiger partial charge on any atom is -0.454 e. The van der Waals surface area contributed by atoms with Gasteiger partial charge in [0.1, 0.15) is 5.58 Å². The SMILES string of the molecule is IN(c1ccccc1-c1ccccc1)c1cccc2c1oc1ccccc12. The molecule has 0 amide bonds. The van der Waals surface area contributed by atoms with E-state index in [2.05, 4.69) is 105 Å². The topological polar surface area (TPSA) is 16.4 Å². The van der Waals surface area contributed by atoms with Gasteiger partial charge in [-0.25, -0.2) is 0 Å². The molecule has 27 heavy (non-hydrogen) atoms. The molecule has 3 heteroatoms. The van der Waals surface area contributed by atoms with E-state index < -0.39 is 0 Å². The highest BCUT2D eigenvalue weighted by atomic mass is 127. The third kappa shape index (κ3) is 2.79. The molecule has 0 spiro atoms. The van der Waals surface area contributed by atoms with E-state index in [0.29, 0.717) is 0 Å². The molecule has 0 bridgehead atoms. The number of nitrogens with zero attached hydrogens (tertiary/aromatic N) is 1. The first kappa shape index (κ1) is 16.4. The Kier molecular flexibility index (Phi) is 4.09. The number of halogens is 1. The number of para-hydroxylation sites is 3. The molecule has 0 aliphatic carbocycles. The Morgan fingerprint density at radius 3 is 2.15 bits per heavy atom. The van der Waals surface area contributed by atoms with Crippen molar-refractivity contribution < 1.29 is 4.42 Å². The lowest BCUT2D eigenvalue weighted by atomic mass is 10.0. The third-order valence-electron chi connectivity index (χ3n) is 4.80. The van der Waals surface area contributed by atoms with Crippen LogP contribution in [0.2, 0.25) is 0 Å². The molecule has 0 aliphatic heterocycles. The molecule has 5 rings (SSSR count). The van der Waals surface area contributed by atoms with Crippen LogP contribution in [0.25, 0.3) is 33.1 Å². The summed E-state index contributed by atoms with van der Waals surface area (Å²) in [6, 6.07) is 33.5. The van der Waals surface area contributed by atoms with Crippen molar-refractivity contribution in [1.29, 1.82) is 0 Å². The Morgan fingerprint density at radius 2 is 1.26 bits per heavy atom. The van der Waals surface area contributed by atoms with Gasteiger partial charge in [-0.3, -0.25) is 3.11 Å².